The van der Waals surface area contributed by atoms with E-state index in [0.29, 0.717) is 22.0 Å². The molecule has 1 aliphatic rings. The number of aliphatic carboxylic acids is 1. The van der Waals surface area contributed by atoms with Crippen LogP contribution in [0.3, 0.4) is 0 Å². The molecule has 6 heteroatoms. The zero-order chi connectivity index (χ0) is 14.2. The van der Waals surface area contributed by atoms with Crippen LogP contribution in [0.25, 0.3) is 0 Å². The van der Waals surface area contributed by atoms with E-state index in [9.17, 15) is 14.7 Å². The molecule has 0 aromatic heterocycles. The van der Waals surface area contributed by atoms with E-state index in [0.717, 1.165) is 0 Å². The quantitative estimate of drug-likeness (QED) is 0.913. The number of halogens is 2. The van der Waals surface area contributed by atoms with E-state index in [1.165, 1.54) is 4.90 Å². The number of carboxylic acids is 1. The fourth-order valence-electron chi connectivity index (χ4n) is 2.50. The van der Waals surface area contributed by atoms with Crippen molar-refractivity contribution in [3.63, 3.8) is 0 Å². The third-order valence-electron chi connectivity index (χ3n) is 3.40. The zero-order valence-electron chi connectivity index (χ0n) is 10.3. The molecule has 2 unspecified atom stereocenters. The SMILES string of the molecule is CN1C(=O)CCC(C(=O)O)C1c1cc(Cl)cc(Cl)c1. The summed E-state index contributed by atoms with van der Waals surface area (Å²) in [7, 11) is 1.61. The van der Waals surface area contributed by atoms with Crippen LogP contribution in [0, 0.1) is 5.92 Å². The molecule has 2 rings (SSSR count). The molecule has 0 bridgehead atoms. The maximum Gasteiger partial charge on any atom is 0.308 e. The summed E-state index contributed by atoms with van der Waals surface area (Å²) in [6, 6.07) is 4.36. The second kappa shape index (κ2) is 5.39. The molecule has 0 radical (unpaired) electrons. The smallest absolute Gasteiger partial charge is 0.308 e. The van der Waals surface area contributed by atoms with Crippen LogP contribution in [0.4, 0.5) is 0 Å². The average molecular weight is 302 g/mol. The molecular formula is C13H13Cl2NO3. The highest BCUT2D eigenvalue weighted by Gasteiger charge is 2.39. The van der Waals surface area contributed by atoms with Gasteiger partial charge in [0.15, 0.2) is 0 Å². The first kappa shape index (κ1) is 14.2. The topological polar surface area (TPSA) is 57.6 Å². The molecule has 1 aromatic carbocycles. The van der Waals surface area contributed by atoms with E-state index in [2.05, 4.69) is 0 Å². The summed E-state index contributed by atoms with van der Waals surface area (Å²) in [5.74, 6) is -1.63. The number of benzene rings is 1. The number of amides is 1. The molecule has 1 aliphatic heterocycles. The van der Waals surface area contributed by atoms with Crippen LogP contribution in [-0.4, -0.2) is 28.9 Å². The standard InChI is InChI=1S/C13H13Cl2NO3/c1-16-11(17)3-2-10(13(18)19)12(16)7-4-8(14)6-9(15)5-7/h4-6,10,12H,2-3H2,1H3,(H,18,19). The van der Waals surface area contributed by atoms with Gasteiger partial charge >= 0.3 is 5.97 Å². The summed E-state index contributed by atoms with van der Waals surface area (Å²) < 4.78 is 0. The Morgan fingerprint density at radius 3 is 2.42 bits per heavy atom. The van der Waals surface area contributed by atoms with Crippen LogP contribution in [-0.2, 0) is 9.59 Å². The lowest BCUT2D eigenvalue weighted by molar-refractivity contribution is -0.150. The number of rotatable bonds is 2. The zero-order valence-corrected chi connectivity index (χ0v) is 11.8. The lowest BCUT2D eigenvalue weighted by Gasteiger charge is -2.37. The van der Waals surface area contributed by atoms with Gasteiger partial charge in [0.05, 0.1) is 12.0 Å². The first-order valence-electron chi connectivity index (χ1n) is 5.84. The third kappa shape index (κ3) is 2.85. The van der Waals surface area contributed by atoms with Crippen LogP contribution < -0.4 is 0 Å². The van der Waals surface area contributed by atoms with Crippen molar-refractivity contribution in [1.82, 2.24) is 4.90 Å². The van der Waals surface area contributed by atoms with Gasteiger partial charge in [0.25, 0.3) is 0 Å². The molecule has 1 aromatic rings. The second-order valence-electron chi connectivity index (χ2n) is 4.64. The summed E-state index contributed by atoms with van der Waals surface area (Å²) in [6.07, 6.45) is 0.575. The van der Waals surface area contributed by atoms with Crippen LogP contribution in [0.15, 0.2) is 18.2 Å². The highest BCUT2D eigenvalue weighted by molar-refractivity contribution is 6.34. The minimum absolute atomic E-state index is 0.0707. The molecule has 19 heavy (non-hydrogen) atoms. The van der Waals surface area contributed by atoms with Crippen molar-refractivity contribution in [2.24, 2.45) is 5.92 Å². The van der Waals surface area contributed by atoms with E-state index in [-0.39, 0.29) is 12.3 Å². The normalized spacial score (nSPS) is 23.5. The largest absolute Gasteiger partial charge is 0.481 e. The Bertz CT molecular complexity index is 512. The number of piperidine rings is 1. The van der Waals surface area contributed by atoms with Gasteiger partial charge in [-0.3, -0.25) is 9.59 Å². The Morgan fingerprint density at radius 1 is 1.32 bits per heavy atom. The minimum atomic E-state index is -0.916. The maximum absolute atomic E-state index is 11.8. The van der Waals surface area contributed by atoms with Crippen molar-refractivity contribution >= 4 is 35.1 Å². The molecule has 0 saturated carbocycles. The molecule has 1 saturated heterocycles. The van der Waals surface area contributed by atoms with Crippen LogP contribution in [0.2, 0.25) is 10.0 Å². The van der Waals surface area contributed by atoms with Gasteiger partial charge in [0.1, 0.15) is 0 Å². The predicted molar refractivity (Wildman–Crippen MR) is 72.3 cm³/mol. The van der Waals surface area contributed by atoms with Crippen molar-refractivity contribution in [3.8, 4) is 0 Å². The summed E-state index contributed by atoms with van der Waals surface area (Å²) in [4.78, 5) is 24.6. The van der Waals surface area contributed by atoms with E-state index in [4.69, 9.17) is 23.2 Å². The van der Waals surface area contributed by atoms with Gasteiger partial charge < -0.3 is 10.0 Å². The molecule has 1 heterocycles. The molecule has 4 nitrogen and oxygen atoms in total. The monoisotopic (exact) mass is 301 g/mol. The Balaban J connectivity index is 2.46. The Morgan fingerprint density at radius 2 is 1.89 bits per heavy atom. The minimum Gasteiger partial charge on any atom is -0.481 e. The molecule has 1 fully saturated rings. The highest BCUT2D eigenvalue weighted by Crippen LogP contribution is 2.37. The van der Waals surface area contributed by atoms with Crippen molar-refractivity contribution in [1.29, 1.82) is 0 Å². The van der Waals surface area contributed by atoms with E-state index in [1.807, 2.05) is 0 Å². The van der Waals surface area contributed by atoms with E-state index in [1.54, 1.807) is 25.2 Å². The summed E-state index contributed by atoms with van der Waals surface area (Å²) in [5, 5.41) is 10.2. The molecule has 1 N–H and O–H groups in total. The average Bonchev–Trinajstić information content (AvgIpc) is 2.30. The summed E-state index contributed by atoms with van der Waals surface area (Å²) in [5.41, 5.74) is 0.653. The number of carbonyl (C=O) groups excluding carboxylic acids is 1. The van der Waals surface area contributed by atoms with Crippen LogP contribution in [0.1, 0.15) is 24.4 Å². The molecule has 2 atom stereocenters. The highest BCUT2D eigenvalue weighted by atomic mass is 35.5. The van der Waals surface area contributed by atoms with Gasteiger partial charge in [-0.2, -0.15) is 0 Å². The van der Waals surface area contributed by atoms with Gasteiger partial charge in [-0.25, -0.2) is 0 Å². The van der Waals surface area contributed by atoms with Gasteiger partial charge in [-0.15, -0.1) is 0 Å². The number of nitrogens with zero attached hydrogens (tertiary/aromatic N) is 1. The Kier molecular flexibility index (Phi) is 4.02. The Hall–Kier alpha value is -1.26. The maximum atomic E-state index is 11.8. The van der Waals surface area contributed by atoms with Crippen molar-refractivity contribution in [3.05, 3.63) is 33.8 Å². The van der Waals surface area contributed by atoms with Gasteiger partial charge in [0, 0.05) is 23.5 Å². The number of carboxylic acid groups (broad SMARTS) is 1. The van der Waals surface area contributed by atoms with Gasteiger partial charge in [-0.05, 0) is 30.2 Å². The van der Waals surface area contributed by atoms with Crippen LogP contribution in [0.5, 0.6) is 0 Å². The fraction of sp³-hybridized carbons (Fsp3) is 0.385. The second-order valence-corrected chi connectivity index (χ2v) is 5.51. The van der Waals surface area contributed by atoms with Gasteiger partial charge in [-0.1, -0.05) is 23.2 Å². The molecule has 1 amide bonds. The summed E-state index contributed by atoms with van der Waals surface area (Å²) in [6.45, 7) is 0. The predicted octanol–water partition coefficient (Wildman–Crippen LogP) is 2.99. The number of hydrogen-bond donors (Lipinski definition) is 1. The fourth-order valence-corrected chi connectivity index (χ4v) is 3.04. The molecular weight excluding hydrogens is 289 g/mol. The van der Waals surface area contributed by atoms with Gasteiger partial charge in [0.2, 0.25) is 5.91 Å². The third-order valence-corrected chi connectivity index (χ3v) is 3.84. The van der Waals surface area contributed by atoms with Crippen molar-refractivity contribution in [2.75, 3.05) is 7.05 Å². The number of likely N-dealkylation sites (tertiary alicyclic amines) is 1. The number of carbonyl (C=O) groups is 2. The van der Waals surface area contributed by atoms with E-state index < -0.39 is 17.9 Å². The lowest BCUT2D eigenvalue weighted by Crippen LogP contribution is -2.43. The van der Waals surface area contributed by atoms with Crippen molar-refractivity contribution < 1.29 is 14.7 Å². The van der Waals surface area contributed by atoms with Crippen LogP contribution >= 0.6 is 23.2 Å². The molecule has 0 aliphatic carbocycles. The van der Waals surface area contributed by atoms with E-state index >= 15 is 0 Å². The Labute approximate surface area is 120 Å². The first-order chi connectivity index (χ1) is 8.90. The van der Waals surface area contributed by atoms with Crippen molar-refractivity contribution in [2.45, 2.75) is 18.9 Å². The summed E-state index contributed by atoms with van der Waals surface area (Å²) >= 11 is 11.9. The first-order valence-corrected chi connectivity index (χ1v) is 6.60. The molecule has 102 valence electrons. The lowest BCUT2D eigenvalue weighted by atomic mass is 9.85. The molecule has 0 spiro atoms. The number of hydrogen-bond acceptors (Lipinski definition) is 2.